The first-order chi connectivity index (χ1) is 14.3. The molecule has 0 amide bonds. The lowest BCUT2D eigenvalue weighted by Gasteiger charge is -2.22. The average molecular weight is 418 g/mol. The molecule has 4 aromatic rings. The minimum absolute atomic E-state index is 0.0285. The van der Waals surface area contributed by atoms with E-state index in [0.29, 0.717) is 11.8 Å². The summed E-state index contributed by atoms with van der Waals surface area (Å²) in [6.07, 6.45) is 1.75. The van der Waals surface area contributed by atoms with Crippen LogP contribution in [0.1, 0.15) is 51.7 Å². The topological polar surface area (TPSA) is 47.0 Å². The Morgan fingerprint density at radius 1 is 0.967 bits per heavy atom. The van der Waals surface area contributed by atoms with Crippen molar-refractivity contribution in [2.45, 2.75) is 46.0 Å². The number of hydrogen-bond donors (Lipinski definition) is 1. The van der Waals surface area contributed by atoms with Crippen LogP contribution in [0.3, 0.4) is 0 Å². The van der Waals surface area contributed by atoms with Gasteiger partial charge < -0.3 is 10.1 Å². The van der Waals surface area contributed by atoms with Crippen LogP contribution in [-0.4, -0.2) is 9.97 Å². The van der Waals surface area contributed by atoms with Crippen LogP contribution in [0.2, 0.25) is 0 Å². The van der Waals surface area contributed by atoms with Gasteiger partial charge in [-0.15, -0.1) is 0 Å². The van der Waals surface area contributed by atoms with Gasteiger partial charge in [-0.3, -0.25) is 0 Å². The van der Waals surface area contributed by atoms with Gasteiger partial charge >= 0.3 is 0 Å². The first kappa shape index (κ1) is 20.4. The Kier molecular flexibility index (Phi) is 5.48. The van der Waals surface area contributed by atoms with Crippen molar-refractivity contribution in [1.82, 2.24) is 9.97 Å². The Hall–Kier alpha value is -2.92. The molecule has 2 heterocycles. The lowest BCUT2D eigenvalue weighted by molar-refractivity contribution is 0.442. The summed E-state index contributed by atoms with van der Waals surface area (Å²) < 4.78 is 7.45. The quantitative estimate of drug-likeness (QED) is 0.362. The molecule has 4 rings (SSSR count). The van der Waals surface area contributed by atoms with E-state index >= 15 is 0 Å². The highest BCUT2D eigenvalue weighted by atomic mass is 32.1. The van der Waals surface area contributed by atoms with Crippen molar-refractivity contribution in [3.63, 3.8) is 0 Å². The molecule has 0 atom stereocenters. The number of aromatic nitrogens is 2. The van der Waals surface area contributed by atoms with Crippen LogP contribution in [0, 0.1) is 0 Å². The van der Waals surface area contributed by atoms with Crippen molar-refractivity contribution in [3.05, 3.63) is 71.9 Å². The Balaban J connectivity index is 1.67. The second kappa shape index (κ2) is 8.07. The third-order valence-electron chi connectivity index (χ3n) is 4.99. The molecule has 0 bridgehead atoms. The number of hydrogen-bond acceptors (Lipinski definition) is 5. The summed E-state index contributed by atoms with van der Waals surface area (Å²) in [5.74, 6) is 1.78. The number of ether oxygens (including phenoxy) is 1. The number of fused-ring (bicyclic) bond motifs is 1. The molecule has 2 aromatic heterocycles. The summed E-state index contributed by atoms with van der Waals surface area (Å²) in [5, 5.41) is 4.26. The molecule has 154 valence electrons. The first-order valence-corrected chi connectivity index (χ1v) is 11.0. The number of pyridine rings is 1. The van der Waals surface area contributed by atoms with Crippen molar-refractivity contribution in [2.75, 3.05) is 5.32 Å². The summed E-state index contributed by atoms with van der Waals surface area (Å²) in [6, 6.07) is 18.4. The maximum atomic E-state index is 6.28. The van der Waals surface area contributed by atoms with Gasteiger partial charge in [-0.05, 0) is 41.2 Å². The summed E-state index contributed by atoms with van der Waals surface area (Å²) in [7, 11) is 0. The van der Waals surface area contributed by atoms with Crippen molar-refractivity contribution in [1.29, 1.82) is 0 Å². The number of anilines is 2. The van der Waals surface area contributed by atoms with Gasteiger partial charge in [0, 0.05) is 11.8 Å². The minimum Gasteiger partial charge on any atom is -0.437 e. The molecule has 0 aliphatic rings. The Morgan fingerprint density at radius 3 is 2.53 bits per heavy atom. The summed E-state index contributed by atoms with van der Waals surface area (Å²) in [6.45, 7) is 10.9. The third kappa shape index (κ3) is 4.17. The molecular weight excluding hydrogens is 390 g/mol. The molecule has 0 unspecified atom stereocenters. The van der Waals surface area contributed by atoms with Crippen LogP contribution in [0.15, 0.2) is 60.8 Å². The monoisotopic (exact) mass is 417 g/mol. The minimum atomic E-state index is -0.0285. The zero-order chi connectivity index (χ0) is 21.3. The smallest absolute Gasteiger partial charge is 0.243 e. The molecule has 0 aliphatic carbocycles. The van der Waals surface area contributed by atoms with Crippen LogP contribution in [0.4, 0.5) is 10.8 Å². The zero-order valence-electron chi connectivity index (χ0n) is 18.1. The van der Waals surface area contributed by atoms with Crippen molar-refractivity contribution in [3.8, 4) is 11.6 Å². The summed E-state index contributed by atoms with van der Waals surface area (Å²) >= 11 is 1.64. The standard InChI is InChI=1S/C25H27N3OS/c1-16(2)17-10-8-14-21-22(17)28-24(30-21)27-19-12-9-15-26-23(19)29-20-13-7-6-11-18(20)25(3,4)5/h6-16H,1-5H3,(H,27,28). The van der Waals surface area contributed by atoms with E-state index in [1.54, 1.807) is 17.5 Å². The lowest BCUT2D eigenvalue weighted by Crippen LogP contribution is -2.12. The van der Waals surface area contributed by atoms with Gasteiger partial charge in [-0.2, -0.15) is 0 Å². The largest absolute Gasteiger partial charge is 0.437 e. The van der Waals surface area contributed by atoms with E-state index in [2.05, 4.69) is 69.2 Å². The summed E-state index contributed by atoms with van der Waals surface area (Å²) in [5.41, 5.74) is 4.23. The van der Waals surface area contributed by atoms with Gasteiger partial charge in [0.15, 0.2) is 5.13 Å². The Bertz CT molecular complexity index is 1170. The van der Waals surface area contributed by atoms with Crippen LogP contribution in [-0.2, 0) is 5.41 Å². The predicted octanol–water partition coefficient (Wildman–Crippen LogP) is 7.65. The average Bonchev–Trinajstić information content (AvgIpc) is 3.11. The molecule has 5 heteroatoms. The van der Waals surface area contributed by atoms with Crippen LogP contribution in [0.25, 0.3) is 10.2 Å². The maximum absolute atomic E-state index is 6.28. The molecule has 0 fully saturated rings. The third-order valence-corrected chi connectivity index (χ3v) is 5.92. The molecule has 1 N–H and O–H groups in total. The number of para-hydroxylation sites is 2. The number of benzene rings is 2. The molecular formula is C25H27N3OS. The lowest BCUT2D eigenvalue weighted by atomic mass is 9.86. The van der Waals surface area contributed by atoms with E-state index < -0.39 is 0 Å². The van der Waals surface area contributed by atoms with Crippen molar-refractivity contribution in [2.24, 2.45) is 0 Å². The molecule has 30 heavy (non-hydrogen) atoms. The maximum Gasteiger partial charge on any atom is 0.243 e. The molecule has 0 aliphatic heterocycles. The second-order valence-corrected chi connectivity index (χ2v) is 9.73. The fraction of sp³-hybridized carbons (Fsp3) is 0.280. The Labute approximate surface area is 182 Å². The fourth-order valence-corrected chi connectivity index (χ4v) is 4.36. The van der Waals surface area contributed by atoms with E-state index in [1.807, 2.05) is 30.3 Å². The van der Waals surface area contributed by atoms with Crippen LogP contribution >= 0.6 is 11.3 Å². The SMILES string of the molecule is CC(C)c1cccc2sc(Nc3cccnc3Oc3ccccc3C(C)(C)C)nc12. The van der Waals surface area contributed by atoms with Crippen molar-refractivity contribution >= 4 is 32.4 Å². The highest BCUT2D eigenvalue weighted by Gasteiger charge is 2.20. The first-order valence-electron chi connectivity index (χ1n) is 10.2. The number of thiazole rings is 1. The molecule has 0 saturated heterocycles. The number of nitrogens with zero attached hydrogens (tertiary/aromatic N) is 2. The van der Waals surface area contributed by atoms with Crippen molar-refractivity contribution < 1.29 is 4.74 Å². The van der Waals surface area contributed by atoms with E-state index in [0.717, 1.165) is 27.6 Å². The van der Waals surface area contributed by atoms with Crippen LogP contribution in [0.5, 0.6) is 11.6 Å². The molecule has 0 spiro atoms. The van der Waals surface area contributed by atoms with Gasteiger partial charge in [0.2, 0.25) is 5.88 Å². The summed E-state index contributed by atoms with van der Waals surface area (Å²) in [4.78, 5) is 9.34. The van der Waals surface area contributed by atoms with Gasteiger partial charge in [0.25, 0.3) is 0 Å². The normalized spacial score (nSPS) is 11.8. The van der Waals surface area contributed by atoms with E-state index in [-0.39, 0.29) is 5.41 Å². The predicted molar refractivity (Wildman–Crippen MR) is 126 cm³/mol. The fourth-order valence-electron chi connectivity index (χ4n) is 3.45. The molecule has 4 nitrogen and oxygen atoms in total. The van der Waals surface area contributed by atoms with E-state index in [9.17, 15) is 0 Å². The van der Waals surface area contributed by atoms with Gasteiger partial charge in [0.1, 0.15) is 11.4 Å². The van der Waals surface area contributed by atoms with Gasteiger partial charge in [0.05, 0.1) is 10.2 Å². The Morgan fingerprint density at radius 2 is 1.77 bits per heavy atom. The van der Waals surface area contributed by atoms with Gasteiger partial charge in [-0.25, -0.2) is 9.97 Å². The molecule has 0 saturated carbocycles. The second-order valence-electron chi connectivity index (χ2n) is 8.70. The van der Waals surface area contributed by atoms with Crippen LogP contribution < -0.4 is 10.1 Å². The molecule has 0 radical (unpaired) electrons. The van der Waals surface area contributed by atoms with Gasteiger partial charge in [-0.1, -0.05) is 76.3 Å². The highest BCUT2D eigenvalue weighted by molar-refractivity contribution is 7.22. The van der Waals surface area contributed by atoms with E-state index in [1.165, 1.54) is 10.3 Å². The molecule has 2 aromatic carbocycles. The number of rotatable bonds is 5. The number of nitrogens with one attached hydrogen (secondary N) is 1. The van der Waals surface area contributed by atoms with E-state index in [4.69, 9.17) is 9.72 Å². The zero-order valence-corrected chi connectivity index (χ0v) is 18.9. The highest BCUT2D eigenvalue weighted by Crippen LogP contribution is 2.38.